The van der Waals surface area contributed by atoms with Gasteiger partial charge < -0.3 is 15.2 Å². The maximum Gasteiger partial charge on any atom is 0.166 e. The Morgan fingerprint density at radius 2 is 1.95 bits per heavy atom. The molecule has 1 saturated carbocycles. The lowest BCUT2D eigenvalue weighted by Crippen LogP contribution is -2.42. The van der Waals surface area contributed by atoms with Crippen LogP contribution in [0.4, 0.5) is 0 Å². The minimum Gasteiger partial charge on any atom is -0.493 e. The van der Waals surface area contributed by atoms with Gasteiger partial charge in [0.25, 0.3) is 0 Å². The van der Waals surface area contributed by atoms with Crippen LogP contribution in [0.1, 0.15) is 50.2 Å². The Balaban J connectivity index is 2.71. The van der Waals surface area contributed by atoms with Gasteiger partial charge in [-0.15, -0.1) is 0 Å². The number of ether oxygens (including phenoxy) is 2. The molecule has 112 valence electrons. The highest BCUT2D eigenvalue weighted by atomic mass is 35.5. The summed E-state index contributed by atoms with van der Waals surface area (Å²) in [5, 5.41) is 0.794. The average molecular weight is 298 g/mol. The summed E-state index contributed by atoms with van der Waals surface area (Å²) in [7, 11) is 3.32. The number of rotatable bonds is 5. The summed E-state index contributed by atoms with van der Waals surface area (Å²) >= 11 is 6.70. The maximum atomic E-state index is 6.70. The summed E-state index contributed by atoms with van der Waals surface area (Å²) in [6, 6.07) is 1.98. The van der Waals surface area contributed by atoms with Crippen molar-refractivity contribution in [3.05, 3.63) is 22.2 Å². The first-order valence-electron chi connectivity index (χ1n) is 7.15. The highest BCUT2D eigenvalue weighted by Gasteiger charge is 2.42. The smallest absolute Gasteiger partial charge is 0.166 e. The van der Waals surface area contributed by atoms with Crippen LogP contribution in [0.15, 0.2) is 6.07 Å². The van der Waals surface area contributed by atoms with Crippen molar-refractivity contribution in [2.24, 2.45) is 5.73 Å². The van der Waals surface area contributed by atoms with Crippen molar-refractivity contribution >= 4 is 11.6 Å². The van der Waals surface area contributed by atoms with Crippen molar-refractivity contribution in [2.45, 2.75) is 44.4 Å². The van der Waals surface area contributed by atoms with Gasteiger partial charge in [-0.25, -0.2) is 0 Å². The Morgan fingerprint density at radius 3 is 2.30 bits per heavy atom. The highest BCUT2D eigenvalue weighted by Crippen LogP contribution is 2.53. The summed E-state index contributed by atoms with van der Waals surface area (Å²) in [5.74, 6) is 1.82. The second kappa shape index (κ2) is 5.82. The molecule has 0 bridgehead atoms. The fourth-order valence-electron chi connectivity index (χ4n) is 3.05. The molecule has 0 saturated heterocycles. The van der Waals surface area contributed by atoms with E-state index in [1.807, 2.05) is 6.07 Å². The van der Waals surface area contributed by atoms with Gasteiger partial charge in [0.2, 0.25) is 0 Å². The first-order valence-corrected chi connectivity index (χ1v) is 7.53. The topological polar surface area (TPSA) is 44.5 Å². The number of nitrogens with two attached hydrogens (primary N) is 1. The molecule has 1 aromatic rings. The lowest BCUT2D eigenvalue weighted by molar-refractivity contribution is 0.240. The molecule has 1 aliphatic carbocycles. The van der Waals surface area contributed by atoms with Gasteiger partial charge in [-0.2, -0.15) is 0 Å². The Bertz CT molecular complexity index is 490. The maximum absolute atomic E-state index is 6.70. The molecule has 1 fully saturated rings. The van der Waals surface area contributed by atoms with Crippen LogP contribution in [-0.4, -0.2) is 20.8 Å². The van der Waals surface area contributed by atoms with E-state index in [0.717, 1.165) is 40.5 Å². The fourth-order valence-corrected chi connectivity index (χ4v) is 3.60. The number of hydrogen-bond donors (Lipinski definition) is 1. The summed E-state index contributed by atoms with van der Waals surface area (Å²) in [5.41, 5.74) is 8.14. The molecule has 20 heavy (non-hydrogen) atoms. The molecule has 0 radical (unpaired) electrons. The van der Waals surface area contributed by atoms with E-state index in [4.69, 9.17) is 26.8 Å². The molecule has 0 amide bonds. The molecular formula is C16H24ClNO2. The predicted octanol–water partition coefficient (Wildman–Crippen LogP) is 3.86. The van der Waals surface area contributed by atoms with E-state index in [0.29, 0.717) is 12.5 Å². The molecule has 0 unspecified atom stereocenters. The van der Waals surface area contributed by atoms with Crippen molar-refractivity contribution in [1.29, 1.82) is 0 Å². The number of halogens is 1. The summed E-state index contributed by atoms with van der Waals surface area (Å²) in [6.07, 6.45) is 3.31. The second-order valence-electron chi connectivity index (χ2n) is 5.88. The molecule has 4 heteroatoms. The van der Waals surface area contributed by atoms with Gasteiger partial charge in [0.15, 0.2) is 11.5 Å². The minimum atomic E-state index is -0.0550. The van der Waals surface area contributed by atoms with Gasteiger partial charge in [0.05, 0.1) is 19.2 Å². The molecule has 2 N–H and O–H groups in total. The van der Waals surface area contributed by atoms with Crippen LogP contribution in [0, 0.1) is 0 Å². The van der Waals surface area contributed by atoms with Crippen LogP contribution in [0.2, 0.25) is 5.02 Å². The average Bonchev–Trinajstić information content (AvgIpc) is 2.38. The fraction of sp³-hybridized carbons (Fsp3) is 0.625. The Kier molecular flexibility index (Phi) is 4.50. The van der Waals surface area contributed by atoms with Crippen LogP contribution in [0.25, 0.3) is 0 Å². The van der Waals surface area contributed by atoms with Gasteiger partial charge in [-0.05, 0) is 30.4 Å². The number of hydrogen-bond acceptors (Lipinski definition) is 3. The molecule has 1 aromatic carbocycles. The normalized spacial score (nSPS) is 16.9. The lowest BCUT2D eigenvalue weighted by Gasteiger charge is -2.43. The molecule has 3 nitrogen and oxygen atoms in total. The second-order valence-corrected chi connectivity index (χ2v) is 6.26. The number of methoxy groups -OCH3 is 2. The van der Waals surface area contributed by atoms with Crippen molar-refractivity contribution in [2.75, 3.05) is 20.8 Å². The third-order valence-electron chi connectivity index (χ3n) is 4.49. The lowest BCUT2D eigenvalue weighted by atomic mass is 9.63. The van der Waals surface area contributed by atoms with E-state index in [1.54, 1.807) is 14.2 Å². The van der Waals surface area contributed by atoms with Crippen LogP contribution in [0.3, 0.4) is 0 Å². The number of benzene rings is 1. The quantitative estimate of drug-likeness (QED) is 0.897. The van der Waals surface area contributed by atoms with Crippen LogP contribution in [-0.2, 0) is 5.41 Å². The summed E-state index contributed by atoms with van der Waals surface area (Å²) < 4.78 is 11.1. The Morgan fingerprint density at radius 1 is 1.30 bits per heavy atom. The molecule has 0 heterocycles. The van der Waals surface area contributed by atoms with Crippen molar-refractivity contribution in [1.82, 2.24) is 0 Å². The zero-order chi connectivity index (χ0) is 14.9. The van der Waals surface area contributed by atoms with Gasteiger partial charge in [-0.1, -0.05) is 31.9 Å². The van der Waals surface area contributed by atoms with E-state index < -0.39 is 0 Å². The van der Waals surface area contributed by atoms with E-state index in [-0.39, 0.29) is 5.41 Å². The molecule has 0 aromatic heterocycles. The van der Waals surface area contributed by atoms with Crippen LogP contribution < -0.4 is 15.2 Å². The summed E-state index contributed by atoms with van der Waals surface area (Å²) in [4.78, 5) is 0. The van der Waals surface area contributed by atoms with E-state index in [9.17, 15) is 0 Å². The molecule has 1 aliphatic rings. The predicted molar refractivity (Wildman–Crippen MR) is 83.2 cm³/mol. The van der Waals surface area contributed by atoms with E-state index in [1.165, 1.54) is 6.42 Å². The third kappa shape index (κ3) is 2.27. The Hall–Kier alpha value is -0.930. The highest BCUT2D eigenvalue weighted by molar-refractivity contribution is 6.32. The van der Waals surface area contributed by atoms with Crippen molar-refractivity contribution in [3.63, 3.8) is 0 Å². The van der Waals surface area contributed by atoms with Crippen molar-refractivity contribution < 1.29 is 9.47 Å². The first-order chi connectivity index (χ1) is 9.50. The van der Waals surface area contributed by atoms with Crippen molar-refractivity contribution in [3.8, 4) is 11.5 Å². The molecule has 0 atom stereocenters. The van der Waals surface area contributed by atoms with Gasteiger partial charge in [0, 0.05) is 17.5 Å². The molecule has 0 spiro atoms. The van der Waals surface area contributed by atoms with E-state index >= 15 is 0 Å². The molecule has 2 rings (SSSR count). The van der Waals surface area contributed by atoms with Crippen LogP contribution in [0.5, 0.6) is 11.5 Å². The largest absolute Gasteiger partial charge is 0.493 e. The SMILES string of the molecule is COc1cc(C(C)C)c(Cl)c(C2(CN)CCC2)c1OC. The van der Waals surface area contributed by atoms with Crippen LogP contribution >= 0.6 is 11.6 Å². The first kappa shape index (κ1) is 15.5. The Labute approximate surface area is 126 Å². The third-order valence-corrected chi connectivity index (χ3v) is 4.90. The van der Waals surface area contributed by atoms with Gasteiger partial charge in [-0.3, -0.25) is 0 Å². The minimum absolute atomic E-state index is 0.0550. The molecular weight excluding hydrogens is 274 g/mol. The summed E-state index contributed by atoms with van der Waals surface area (Å²) in [6.45, 7) is 4.85. The zero-order valence-electron chi connectivity index (χ0n) is 12.8. The van der Waals surface area contributed by atoms with E-state index in [2.05, 4.69) is 13.8 Å². The van der Waals surface area contributed by atoms with Gasteiger partial charge >= 0.3 is 0 Å². The zero-order valence-corrected chi connectivity index (χ0v) is 13.5. The standard InChI is InChI=1S/C16H24ClNO2/c1-10(2)11-8-12(19-3)15(20-4)13(14(11)17)16(9-18)6-5-7-16/h8,10H,5-7,9,18H2,1-4H3. The molecule has 0 aliphatic heterocycles. The van der Waals surface area contributed by atoms with Gasteiger partial charge in [0.1, 0.15) is 0 Å². The monoisotopic (exact) mass is 297 g/mol.